The van der Waals surface area contributed by atoms with Gasteiger partial charge in [0, 0.05) is 38.4 Å². The number of β-amino-alcohol motifs (C(OH)–C–C–N with tert-alkyl or cyclic N) is 1. The summed E-state index contributed by atoms with van der Waals surface area (Å²) in [5, 5.41) is 10.3. The monoisotopic (exact) mass is 350 g/mol. The minimum Gasteiger partial charge on any atom is -0.387 e. The summed E-state index contributed by atoms with van der Waals surface area (Å²) in [5.74, 6) is 0. The van der Waals surface area contributed by atoms with Crippen molar-refractivity contribution in [1.82, 2.24) is 4.90 Å². The second-order valence-electron chi connectivity index (χ2n) is 6.26. The van der Waals surface area contributed by atoms with E-state index < -0.39 is 17.8 Å². The number of hydrogen-bond donors (Lipinski definition) is 1. The first kappa shape index (κ1) is 17.8. The molecule has 3 rings (SSSR count). The number of anilines is 1. The summed E-state index contributed by atoms with van der Waals surface area (Å²) >= 11 is 0. The van der Waals surface area contributed by atoms with Gasteiger partial charge in [-0.15, -0.1) is 0 Å². The summed E-state index contributed by atoms with van der Waals surface area (Å²) < 4.78 is 38.5. The lowest BCUT2D eigenvalue weighted by atomic mass is 10.1. The van der Waals surface area contributed by atoms with Crippen LogP contribution >= 0.6 is 0 Å². The SMILES string of the molecule is OC(CN1CCN(c2cccc(C(F)(F)F)c2)CC1)c1ccccc1. The molecular weight excluding hydrogens is 329 g/mol. The van der Waals surface area contributed by atoms with E-state index in [1.165, 1.54) is 12.1 Å². The summed E-state index contributed by atoms with van der Waals surface area (Å²) in [5.41, 5.74) is 0.854. The van der Waals surface area contributed by atoms with Gasteiger partial charge in [0.1, 0.15) is 0 Å². The summed E-state index contributed by atoms with van der Waals surface area (Å²) in [6, 6.07) is 14.9. The molecule has 1 aliphatic rings. The van der Waals surface area contributed by atoms with Crippen LogP contribution in [0.25, 0.3) is 0 Å². The number of hydrogen-bond acceptors (Lipinski definition) is 3. The van der Waals surface area contributed by atoms with Gasteiger partial charge in [-0.3, -0.25) is 4.90 Å². The fourth-order valence-electron chi connectivity index (χ4n) is 3.09. The third kappa shape index (κ3) is 4.52. The topological polar surface area (TPSA) is 26.7 Å². The number of benzene rings is 2. The maximum absolute atomic E-state index is 12.8. The summed E-state index contributed by atoms with van der Waals surface area (Å²) in [6.45, 7) is 3.23. The van der Waals surface area contributed by atoms with Crippen molar-refractivity contribution in [3.05, 3.63) is 65.7 Å². The molecule has 0 spiro atoms. The zero-order valence-electron chi connectivity index (χ0n) is 13.8. The number of rotatable bonds is 4. The minimum absolute atomic E-state index is 0.528. The fourth-order valence-corrected chi connectivity index (χ4v) is 3.09. The Balaban J connectivity index is 1.57. The van der Waals surface area contributed by atoms with Gasteiger partial charge in [0.05, 0.1) is 11.7 Å². The molecule has 1 unspecified atom stereocenters. The smallest absolute Gasteiger partial charge is 0.387 e. The fraction of sp³-hybridized carbons (Fsp3) is 0.368. The molecule has 0 amide bonds. The molecule has 0 saturated carbocycles. The van der Waals surface area contributed by atoms with E-state index in [0.29, 0.717) is 38.4 Å². The van der Waals surface area contributed by atoms with E-state index in [9.17, 15) is 18.3 Å². The third-order valence-electron chi connectivity index (χ3n) is 4.53. The maximum atomic E-state index is 12.8. The predicted molar refractivity (Wildman–Crippen MR) is 91.5 cm³/mol. The van der Waals surface area contributed by atoms with E-state index in [1.807, 2.05) is 35.2 Å². The number of nitrogens with zero attached hydrogens (tertiary/aromatic N) is 2. The Kier molecular flexibility index (Phi) is 5.30. The van der Waals surface area contributed by atoms with Crippen LogP contribution in [0.4, 0.5) is 18.9 Å². The second-order valence-corrected chi connectivity index (χ2v) is 6.26. The van der Waals surface area contributed by atoms with Crippen molar-refractivity contribution in [2.45, 2.75) is 12.3 Å². The van der Waals surface area contributed by atoms with E-state index in [2.05, 4.69) is 4.90 Å². The molecule has 0 aliphatic carbocycles. The van der Waals surface area contributed by atoms with Gasteiger partial charge >= 0.3 is 6.18 Å². The number of piperazine rings is 1. The van der Waals surface area contributed by atoms with Gasteiger partial charge in [-0.05, 0) is 23.8 Å². The normalized spacial score (nSPS) is 17.5. The summed E-state index contributed by atoms with van der Waals surface area (Å²) in [6.07, 6.45) is -4.88. The highest BCUT2D eigenvalue weighted by Crippen LogP contribution is 2.32. The quantitative estimate of drug-likeness (QED) is 0.913. The Bertz CT molecular complexity index is 683. The number of aliphatic hydroxyl groups is 1. The molecule has 25 heavy (non-hydrogen) atoms. The van der Waals surface area contributed by atoms with Crippen molar-refractivity contribution in [2.75, 3.05) is 37.6 Å². The molecule has 3 nitrogen and oxygen atoms in total. The van der Waals surface area contributed by atoms with Gasteiger partial charge in [0.2, 0.25) is 0 Å². The lowest BCUT2D eigenvalue weighted by Gasteiger charge is -2.37. The first-order valence-electron chi connectivity index (χ1n) is 8.31. The Labute approximate surface area is 145 Å². The number of alkyl halides is 3. The van der Waals surface area contributed by atoms with Crippen LogP contribution in [0.15, 0.2) is 54.6 Å². The van der Waals surface area contributed by atoms with Crippen LogP contribution in [-0.4, -0.2) is 42.7 Å². The molecule has 1 fully saturated rings. The summed E-state index contributed by atoms with van der Waals surface area (Å²) in [4.78, 5) is 4.10. The van der Waals surface area contributed by atoms with Gasteiger partial charge in [0.25, 0.3) is 0 Å². The highest BCUT2D eigenvalue weighted by Gasteiger charge is 2.31. The molecule has 0 bridgehead atoms. The van der Waals surface area contributed by atoms with E-state index >= 15 is 0 Å². The molecule has 1 atom stereocenters. The van der Waals surface area contributed by atoms with E-state index in [-0.39, 0.29) is 0 Å². The van der Waals surface area contributed by atoms with Crippen molar-refractivity contribution in [2.24, 2.45) is 0 Å². The standard InChI is InChI=1S/C19H21F3N2O/c20-19(21,22)16-7-4-8-17(13-16)24-11-9-23(10-12-24)14-18(25)15-5-2-1-3-6-15/h1-8,13,18,25H,9-12,14H2. The highest BCUT2D eigenvalue weighted by atomic mass is 19.4. The average Bonchev–Trinajstić information content (AvgIpc) is 2.62. The first-order valence-corrected chi connectivity index (χ1v) is 8.31. The molecule has 1 aliphatic heterocycles. The largest absolute Gasteiger partial charge is 0.416 e. The van der Waals surface area contributed by atoms with Crippen LogP contribution in [0, 0.1) is 0 Å². The van der Waals surface area contributed by atoms with Crippen LogP contribution in [0.3, 0.4) is 0 Å². The van der Waals surface area contributed by atoms with Crippen LogP contribution in [-0.2, 0) is 6.18 Å². The second kappa shape index (κ2) is 7.45. The molecule has 0 aromatic heterocycles. The van der Waals surface area contributed by atoms with E-state index in [0.717, 1.165) is 11.6 Å². The van der Waals surface area contributed by atoms with Crippen molar-refractivity contribution < 1.29 is 18.3 Å². The van der Waals surface area contributed by atoms with Crippen LogP contribution in [0.1, 0.15) is 17.2 Å². The van der Waals surface area contributed by atoms with Crippen molar-refractivity contribution in [1.29, 1.82) is 0 Å². The molecule has 134 valence electrons. The Morgan fingerprint density at radius 1 is 0.920 bits per heavy atom. The van der Waals surface area contributed by atoms with Gasteiger partial charge in [-0.25, -0.2) is 0 Å². The zero-order valence-corrected chi connectivity index (χ0v) is 13.8. The van der Waals surface area contributed by atoms with Crippen LogP contribution in [0.5, 0.6) is 0 Å². The lowest BCUT2D eigenvalue weighted by molar-refractivity contribution is -0.137. The first-order chi connectivity index (χ1) is 11.9. The molecule has 0 radical (unpaired) electrons. The molecule has 6 heteroatoms. The molecule has 1 N–H and O–H groups in total. The summed E-state index contributed by atoms with van der Waals surface area (Å²) in [7, 11) is 0. The molecular formula is C19H21F3N2O. The molecule has 2 aromatic rings. The highest BCUT2D eigenvalue weighted by molar-refractivity contribution is 5.49. The van der Waals surface area contributed by atoms with Gasteiger partial charge in [-0.1, -0.05) is 36.4 Å². The third-order valence-corrected chi connectivity index (χ3v) is 4.53. The Morgan fingerprint density at radius 3 is 2.24 bits per heavy atom. The zero-order chi connectivity index (χ0) is 17.9. The predicted octanol–water partition coefficient (Wildman–Crippen LogP) is 3.56. The van der Waals surface area contributed by atoms with Crippen molar-refractivity contribution in [3.8, 4) is 0 Å². The van der Waals surface area contributed by atoms with Gasteiger partial charge < -0.3 is 10.0 Å². The van der Waals surface area contributed by atoms with Crippen LogP contribution in [0.2, 0.25) is 0 Å². The lowest BCUT2D eigenvalue weighted by Crippen LogP contribution is -2.47. The van der Waals surface area contributed by atoms with E-state index in [4.69, 9.17) is 0 Å². The number of aliphatic hydroxyl groups excluding tert-OH is 1. The van der Waals surface area contributed by atoms with Gasteiger partial charge in [-0.2, -0.15) is 13.2 Å². The number of halogens is 3. The van der Waals surface area contributed by atoms with Gasteiger partial charge in [0.15, 0.2) is 0 Å². The van der Waals surface area contributed by atoms with Crippen molar-refractivity contribution >= 4 is 5.69 Å². The van der Waals surface area contributed by atoms with Crippen LogP contribution < -0.4 is 4.90 Å². The molecule has 2 aromatic carbocycles. The molecule has 1 saturated heterocycles. The minimum atomic E-state index is -4.32. The maximum Gasteiger partial charge on any atom is 0.416 e. The van der Waals surface area contributed by atoms with E-state index in [1.54, 1.807) is 6.07 Å². The Hall–Kier alpha value is -2.05. The molecule has 1 heterocycles. The Morgan fingerprint density at radius 2 is 1.60 bits per heavy atom. The average molecular weight is 350 g/mol. The van der Waals surface area contributed by atoms with Crippen molar-refractivity contribution in [3.63, 3.8) is 0 Å².